The number of rotatable bonds is 7. The number of hydrogen-bond donors (Lipinski definition) is 1. The molecule has 4 aromatic rings. The highest BCUT2D eigenvalue weighted by Crippen LogP contribution is 2.35. The van der Waals surface area contributed by atoms with Gasteiger partial charge in [-0.05, 0) is 35.9 Å². The molecule has 0 saturated carbocycles. The zero-order chi connectivity index (χ0) is 24.2. The van der Waals surface area contributed by atoms with Crippen molar-refractivity contribution in [3.05, 3.63) is 102 Å². The van der Waals surface area contributed by atoms with Gasteiger partial charge in [0.25, 0.3) is 11.6 Å². The maximum Gasteiger partial charge on any atom is 0.281 e. The van der Waals surface area contributed by atoms with Crippen LogP contribution in [-0.4, -0.2) is 17.0 Å². The summed E-state index contributed by atoms with van der Waals surface area (Å²) < 4.78 is 6.49. The molecule has 0 aliphatic heterocycles. The van der Waals surface area contributed by atoms with Gasteiger partial charge in [-0.2, -0.15) is 5.10 Å². The van der Waals surface area contributed by atoms with Crippen molar-refractivity contribution in [2.45, 2.75) is 6.61 Å². The van der Waals surface area contributed by atoms with Crippen molar-refractivity contribution in [1.29, 1.82) is 0 Å². The number of carbonyl (C=O) groups is 1. The lowest BCUT2D eigenvalue weighted by Gasteiger charge is -2.11. The first-order chi connectivity index (χ1) is 16.3. The van der Waals surface area contributed by atoms with Gasteiger partial charge in [-0.15, -0.1) is 11.3 Å². The summed E-state index contributed by atoms with van der Waals surface area (Å²) in [6, 6.07) is 16.5. The predicted molar refractivity (Wildman–Crippen MR) is 136 cm³/mol. The SMILES string of the molecule is O=C(N/N=C\c1cc(Cl)c(OCc2ccccc2Cl)c(Cl)c1)c1cc2cc([N+](=O)[O-])ccc2s1. The smallest absolute Gasteiger partial charge is 0.281 e. The molecule has 1 N–H and O–H groups in total. The number of hydrogen-bond acceptors (Lipinski definition) is 6. The fourth-order valence-electron chi connectivity index (χ4n) is 3.03. The van der Waals surface area contributed by atoms with Crippen LogP contribution in [0, 0.1) is 10.1 Å². The molecule has 0 saturated heterocycles. The van der Waals surface area contributed by atoms with Crippen LogP contribution < -0.4 is 10.2 Å². The van der Waals surface area contributed by atoms with Gasteiger partial charge in [0.05, 0.1) is 26.1 Å². The van der Waals surface area contributed by atoms with E-state index in [1.54, 1.807) is 30.3 Å². The number of benzene rings is 3. The lowest BCUT2D eigenvalue weighted by atomic mass is 10.2. The van der Waals surface area contributed by atoms with Gasteiger partial charge in [-0.25, -0.2) is 5.43 Å². The van der Waals surface area contributed by atoms with Gasteiger partial charge >= 0.3 is 0 Å². The number of nitrogens with zero attached hydrogens (tertiary/aromatic N) is 2. The van der Waals surface area contributed by atoms with E-state index < -0.39 is 10.8 Å². The Hall–Kier alpha value is -3.17. The van der Waals surface area contributed by atoms with Gasteiger partial charge in [0, 0.05) is 32.8 Å². The Balaban J connectivity index is 1.42. The minimum atomic E-state index is -0.482. The van der Waals surface area contributed by atoms with Crippen LogP contribution in [0.15, 0.2) is 65.8 Å². The zero-order valence-electron chi connectivity index (χ0n) is 17.1. The number of amides is 1. The number of fused-ring (bicyclic) bond motifs is 1. The van der Waals surface area contributed by atoms with Crippen molar-refractivity contribution >= 4 is 74.0 Å². The summed E-state index contributed by atoms with van der Waals surface area (Å²) >= 11 is 20.0. The first-order valence-electron chi connectivity index (χ1n) is 9.68. The van der Waals surface area contributed by atoms with E-state index in [4.69, 9.17) is 39.5 Å². The molecule has 172 valence electrons. The Morgan fingerprint density at radius 1 is 1.06 bits per heavy atom. The summed E-state index contributed by atoms with van der Waals surface area (Å²) in [5.41, 5.74) is 3.73. The van der Waals surface area contributed by atoms with Crippen LogP contribution in [0.5, 0.6) is 5.75 Å². The molecule has 3 aromatic carbocycles. The van der Waals surface area contributed by atoms with E-state index in [-0.39, 0.29) is 22.3 Å². The summed E-state index contributed by atoms with van der Waals surface area (Å²) in [4.78, 5) is 23.2. The van der Waals surface area contributed by atoms with E-state index >= 15 is 0 Å². The molecule has 0 aliphatic carbocycles. The van der Waals surface area contributed by atoms with E-state index in [1.807, 2.05) is 18.2 Å². The number of non-ortho nitro benzene ring substituents is 1. The Bertz CT molecular complexity index is 1420. The van der Waals surface area contributed by atoms with E-state index in [9.17, 15) is 14.9 Å². The molecular formula is C23H14Cl3N3O4S. The van der Waals surface area contributed by atoms with Crippen LogP contribution in [-0.2, 0) is 6.61 Å². The highest BCUT2D eigenvalue weighted by Gasteiger charge is 2.14. The van der Waals surface area contributed by atoms with Crippen molar-refractivity contribution in [1.82, 2.24) is 5.43 Å². The molecule has 0 radical (unpaired) electrons. The number of nitro groups is 1. The van der Waals surface area contributed by atoms with Gasteiger partial charge in [0.15, 0.2) is 5.75 Å². The van der Waals surface area contributed by atoms with Crippen LogP contribution >= 0.6 is 46.1 Å². The first-order valence-corrected chi connectivity index (χ1v) is 11.6. The molecule has 4 rings (SSSR count). The highest BCUT2D eigenvalue weighted by molar-refractivity contribution is 7.20. The Morgan fingerprint density at radius 2 is 1.79 bits per heavy atom. The van der Waals surface area contributed by atoms with Crippen molar-refractivity contribution in [3.8, 4) is 5.75 Å². The minimum Gasteiger partial charge on any atom is -0.486 e. The normalized spacial score (nSPS) is 11.1. The summed E-state index contributed by atoms with van der Waals surface area (Å²) in [6.07, 6.45) is 1.39. The molecule has 0 fully saturated rings. The third-order valence-electron chi connectivity index (χ3n) is 4.66. The summed E-state index contributed by atoms with van der Waals surface area (Å²) in [5, 5.41) is 16.6. The second-order valence-electron chi connectivity index (χ2n) is 6.98. The number of nitro benzene ring substituents is 1. The van der Waals surface area contributed by atoms with Gasteiger partial charge in [0.2, 0.25) is 0 Å². The maximum absolute atomic E-state index is 12.4. The third kappa shape index (κ3) is 5.48. The topological polar surface area (TPSA) is 93.8 Å². The minimum absolute atomic E-state index is 0.0386. The number of ether oxygens (including phenoxy) is 1. The monoisotopic (exact) mass is 533 g/mol. The van der Waals surface area contributed by atoms with Crippen molar-refractivity contribution in [3.63, 3.8) is 0 Å². The fraction of sp³-hybridized carbons (Fsp3) is 0.0435. The van der Waals surface area contributed by atoms with Gasteiger partial charge in [-0.3, -0.25) is 14.9 Å². The molecule has 7 nitrogen and oxygen atoms in total. The number of carbonyl (C=O) groups excluding carboxylic acids is 1. The van der Waals surface area contributed by atoms with E-state index in [1.165, 1.54) is 29.7 Å². The van der Waals surface area contributed by atoms with Crippen LogP contribution in [0.3, 0.4) is 0 Å². The average molecular weight is 535 g/mol. The lowest BCUT2D eigenvalue weighted by Crippen LogP contribution is -2.16. The van der Waals surface area contributed by atoms with Crippen molar-refractivity contribution in [2.75, 3.05) is 0 Å². The Labute approximate surface area is 212 Å². The molecule has 0 aliphatic rings. The maximum atomic E-state index is 12.4. The Morgan fingerprint density at radius 3 is 2.50 bits per heavy atom. The molecule has 1 heterocycles. The van der Waals surface area contributed by atoms with E-state index in [0.717, 1.165) is 10.3 Å². The number of nitrogens with one attached hydrogen (secondary N) is 1. The Kier molecular flexibility index (Phi) is 7.33. The molecular weight excluding hydrogens is 521 g/mol. The summed E-state index contributed by atoms with van der Waals surface area (Å²) in [6.45, 7) is 0.195. The zero-order valence-corrected chi connectivity index (χ0v) is 20.2. The molecule has 1 amide bonds. The number of hydrazone groups is 1. The van der Waals surface area contributed by atoms with Crippen molar-refractivity contribution in [2.24, 2.45) is 5.10 Å². The number of thiophene rings is 1. The van der Waals surface area contributed by atoms with Crippen LogP contribution in [0.1, 0.15) is 20.8 Å². The number of halogens is 3. The largest absolute Gasteiger partial charge is 0.486 e. The molecule has 0 atom stereocenters. The molecule has 0 unspecified atom stereocenters. The van der Waals surface area contributed by atoms with Gasteiger partial charge in [0.1, 0.15) is 6.61 Å². The second kappa shape index (κ2) is 10.4. The molecule has 0 bridgehead atoms. The lowest BCUT2D eigenvalue weighted by molar-refractivity contribution is -0.384. The van der Waals surface area contributed by atoms with Crippen LogP contribution in [0.25, 0.3) is 10.1 Å². The fourth-order valence-corrected chi connectivity index (χ4v) is 4.77. The van der Waals surface area contributed by atoms with E-state index in [2.05, 4.69) is 10.5 Å². The van der Waals surface area contributed by atoms with Gasteiger partial charge < -0.3 is 4.74 Å². The molecule has 1 aromatic heterocycles. The summed E-state index contributed by atoms with van der Waals surface area (Å²) in [5.74, 6) is -0.138. The van der Waals surface area contributed by atoms with E-state index in [0.29, 0.717) is 26.6 Å². The average Bonchev–Trinajstić information content (AvgIpc) is 3.23. The molecule has 34 heavy (non-hydrogen) atoms. The standard InChI is InChI=1S/C23H14Cl3N3O4S/c24-17-4-2-1-3-14(17)12-33-22-18(25)7-13(8-19(22)26)11-27-28-23(30)21-10-15-9-16(29(31)32)5-6-20(15)34-21/h1-11H,12H2,(H,28,30)/b27-11-. The predicted octanol–water partition coefficient (Wildman–Crippen LogP) is 7.11. The van der Waals surface area contributed by atoms with Crippen molar-refractivity contribution < 1.29 is 14.5 Å². The van der Waals surface area contributed by atoms with Gasteiger partial charge in [-0.1, -0.05) is 53.0 Å². The molecule has 11 heteroatoms. The quantitative estimate of drug-likeness (QED) is 0.155. The highest BCUT2D eigenvalue weighted by atomic mass is 35.5. The third-order valence-corrected chi connectivity index (χ3v) is 6.71. The second-order valence-corrected chi connectivity index (χ2v) is 9.29. The first kappa shape index (κ1) is 24.0. The molecule has 0 spiro atoms. The summed E-state index contributed by atoms with van der Waals surface area (Å²) in [7, 11) is 0. The van der Waals surface area contributed by atoms with Crippen LogP contribution in [0.2, 0.25) is 15.1 Å². The van der Waals surface area contributed by atoms with Crippen LogP contribution in [0.4, 0.5) is 5.69 Å².